The Morgan fingerprint density at radius 2 is 1.47 bits per heavy atom. The van der Waals surface area contributed by atoms with Crippen LogP contribution in [0.3, 0.4) is 0 Å². The number of phenols is 1. The Morgan fingerprint density at radius 3 is 2.00 bits per heavy atom. The van der Waals surface area contributed by atoms with Gasteiger partial charge in [0.15, 0.2) is 5.54 Å². The van der Waals surface area contributed by atoms with E-state index >= 15 is 0 Å². The lowest BCUT2D eigenvalue weighted by molar-refractivity contribution is -0.146. The lowest BCUT2D eigenvalue weighted by atomic mass is 9.91. The van der Waals surface area contributed by atoms with Gasteiger partial charge in [-0.05, 0) is 39.9 Å². The molecule has 0 saturated heterocycles. The molecule has 1 aliphatic carbocycles. The van der Waals surface area contributed by atoms with Gasteiger partial charge in [-0.15, -0.1) is 0 Å². The zero-order chi connectivity index (χ0) is 22.7. The van der Waals surface area contributed by atoms with Crippen LogP contribution in [-0.4, -0.2) is 46.1 Å². The fraction of sp³-hybridized carbons (Fsp3) is 0.200. The van der Waals surface area contributed by atoms with Gasteiger partial charge in [0.05, 0.1) is 6.61 Å². The number of carboxylic acids is 1. The molecule has 3 aromatic carbocycles. The van der Waals surface area contributed by atoms with E-state index in [1.54, 1.807) is 0 Å². The van der Waals surface area contributed by atoms with Gasteiger partial charge in [-0.1, -0.05) is 60.7 Å². The Hall–Kier alpha value is -3.84. The number of amides is 1. The first-order valence-electron chi connectivity index (χ1n) is 10.2. The number of ether oxygens (including phenoxy) is 1. The quantitative estimate of drug-likeness (QED) is 0.454. The number of aromatic hydroxyl groups is 1. The molecule has 0 saturated carbocycles. The number of carbonyl (C=O) groups is 2. The maximum absolute atomic E-state index is 12.6. The van der Waals surface area contributed by atoms with Crippen molar-refractivity contribution in [2.45, 2.75) is 17.9 Å². The number of carbonyl (C=O) groups excluding carboxylic acids is 1. The normalized spacial score (nSPS) is 14.2. The first-order chi connectivity index (χ1) is 15.4. The summed E-state index contributed by atoms with van der Waals surface area (Å²) in [4.78, 5) is 24.6. The zero-order valence-electron chi connectivity index (χ0n) is 17.2. The number of benzene rings is 3. The number of phenolic OH excluding ortho intramolecular Hbond substituents is 1. The second kappa shape index (κ2) is 8.72. The number of nitrogens with one attached hydrogen (secondary N) is 1. The van der Waals surface area contributed by atoms with E-state index in [1.165, 1.54) is 24.3 Å². The molecule has 32 heavy (non-hydrogen) atoms. The van der Waals surface area contributed by atoms with Crippen LogP contribution in [0.15, 0.2) is 72.8 Å². The van der Waals surface area contributed by atoms with Crippen molar-refractivity contribution in [2.24, 2.45) is 0 Å². The molecule has 0 fully saturated rings. The van der Waals surface area contributed by atoms with Gasteiger partial charge in [-0.2, -0.15) is 0 Å². The SMILES string of the molecule is O=C(N[C@@](CO)(Cc1ccc(O)cc1)C(=O)O)OCC1c2ccccc2-c2ccccc21. The van der Waals surface area contributed by atoms with Crippen molar-refractivity contribution in [3.05, 3.63) is 89.5 Å². The summed E-state index contributed by atoms with van der Waals surface area (Å²) in [5.74, 6) is -1.52. The lowest BCUT2D eigenvalue weighted by Crippen LogP contribution is -2.59. The molecule has 164 valence electrons. The highest BCUT2D eigenvalue weighted by molar-refractivity contribution is 5.85. The Balaban J connectivity index is 1.49. The van der Waals surface area contributed by atoms with E-state index in [2.05, 4.69) is 5.32 Å². The van der Waals surface area contributed by atoms with E-state index < -0.39 is 24.2 Å². The fourth-order valence-corrected chi connectivity index (χ4v) is 4.13. The molecule has 4 rings (SSSR count). The van der Waals surface area contributed by atoms with Gasteiger partial charge in [0, 0.05) is 12.3 Å². The van der Waals surface area contributed by atoms with Gasteiger partial charge in [-0.25, -0.2) is 9.59 Å². The minimum atomic E-state index is -1.96. The third-order valence-electron chi connectivity index (χ3n) is 5.81. The standard InChI is InChI=1S/C25H23NO6/c27-15-25(23(29)30,13-16-9-11-17(28)12-10-16)26-24(31)32-14-22-20-7-3-1-5-18(20)19-6-2-4-8-21(19)22/h1-12,22,27-28H,13-15H2,(H,26,31)(H,29,30)/t25-/m1/s1. The third-order valence-corrected chi connectivity index (χ3v) is 5.81. The molecule has 0 radical (unpaired) electrons. The smallest absolute Gasteiger partial charge is 0.408 e. The molecule has 0 spiro atoms. The molecule has 0 aliphatic heterocycles. The largest absolute Gasteiger partial charge is 0.508 e. The van der Waals surface area contributed by atoms with Crippen molar-refractivity contribution in [3.8, 4) is 16.9 Å². The number of carboxylic acid groups (broad SMARTS) is 1. The Labute approximate surface area is 184 Å². The van der Waals surface area contributed by atoms with E-state index in [0.717, 1.165) is 22.3 Å². The molecule has 7 heteroatoms. The number of alkyl carbamates (subject to hydrolysis) is 1. The minimum absolute atomic E-state index is 0.0280. The topological polar surface area (TPSA) is 116 Å². The molecule has 1 aliphatic rings. The highest BCUT2D eigenvalue weighted by atomic mass is 16.5. The highest BCUT2D eigenvalue weighted by Gasteiger charge is 2.41. The summed E-state index contributed by atoms with van der Waals surface area (Å²) in [5.41, 5.74) is 2.81. The number of hydrogen-bond donors (Lipinski definition) is 4. The van der Waals surface area contributed by atoms with Crippen molar-refractivity contribution in [1.29, 1.82) is 0 Å². The molecule has 1 atom stereocenters. The van der Waals surface area contributed by atoms with Crippen LogP contribution in [0.4, 0.5) is 4.79 Å². The minimum Gasteiger partial charge on any atom is -0.508 e. The van der Waals surface area contributed by atoms with Gasteiger partial charge < -0.3 is 25.4 Å². The first kappa shape index (κ1) is 21.4. The lowest BCUT2D eigenvalue weighted by Gasteiger charge is -2.28. The van der Waals surface area contributed by atoms with Crippen LogP contribution in [0.25, 0.3) is 11.1 Å². The summed E-state index contributed by atoms with van der Waals surface area (Å²) in [7, 11) is 0. The zero-order valence-corrected chi connectivity index (χ0v) is 17.2. The predicted octanol–water partition coefficient (Wildman–Crippen LogP) is 3.29. The molecule has 0 bridgehead atoms. The summed E-state index contributed by atoms with van der Waals surface area (Å²) >= 11 is 0. The highest BCUT2D eigenvalue weighted by Crippen LogP contribution is 2.44. The number of hydrogen-bond acceptors (Lipinski definition) is 5. The molecule has 0 aromatic heterocycles. The van der Waals surface area contributed by atoms with Crippen molar-refractivity contribution in [1.82, 2.24) is 5.32 Å². The van der Waals surface area contributed by atoms with E-state index in [4.69, 9.17) is 4.74 Å². The molecule has 0 unspecified atom stereocenters. The summed E-state index contributed by atoms with van der Waals surface area (Å²) in [6.07, 6.45) is -1.11. The van der Waals surface area contributed by atoms with Crippen LogP contribution in [0.1, 0.15) is 22.6 Å². The Morgan fingerprint density at radius 1 is 0.906 bits per heavy atom. The van der Waals surface area contributed by atoms with E-state index in [0.29, 0.717) is 5.56 Å². The second-order valence-corrected chi connectivity index (χ2v) is 7.84. The molecule has 1 amide bonds. The van der Waals surface area contributed by atoms with Crippen LogP contribution >= 0.6 is 0 Å². The van der Waals surface area contributed by atoms with Crippen molar-refractivity contribution in [3.63, 3.8) is 0 Å². The number of rotatable bonds is 7. The summed E-state index contributed by atoms with van der Waals surface area (Å²) < 4.78 is 5.44. The van der Waals surface area contributed by atoms with E-state index in [1.807, 2.05) is 48.5 Å². The summed E-state index contributed by atoms with van der Waals surface area (Å²) in [6.45, 7) is -0.798. The molecule has 4 N–H and O–H groups in total. The Kier molecular flexibility index (Phi) is 5.83. The van der Waals surface area contributed by atoms with Gasteiger partial charge in [0.1, 0.15) is 12.4 Å². The molecule has 7 nitrogen and oxygen atoms in total. The number of aliphatic hydroxyl groups is 1. The monoisotopic (exact) mass is 433 g/mol. The van der Waals surface area contributed by atoms with Crippen molar-refractivity contribution in [2.75, 3.05) is 13.2 Å². The van der Waals surface area contributed by atoms with Crippen molar-refractivity contribution < 1.29 is 29.6 Å². The molecular formula is C25H23NO6. The summed E-state index contributed by atoms with van der Waals surface area (Å²) in [5, 5.41) is 31.4. The molecule has 3 aromatic rings. The average Bonchev–Trinajstić information content (AvgIpc) is 3.12. The fourth-order valence-electron chi connectivity index (χ4n) is 4.13. The number of aliphatic carboxylic acids is 1. The second-order valence-electron chi connectivity index (χ2n) is 7.84. The third kappa shape index (κ3) is 4.02. The number of aliphatic hydroxyl groups excluding tert-OH is 1. The van der Waals surface area contributed by atoms with Crippen LogP contribution in [0.2, 0.25) is 0 Å². The van der Waals surface area contributed by atoms with Gasteiger partial charge in [-0.3, -0.25) is 0 Å². The van der Waals surface area contributed by atoms with Crippen molar-refractivity contribution >= 4 is 12.1 Å². The van der Waals surface area contributed by atoms with E-state index in [-0.39, 0.29) is 24.7 Å². The number of fused-ring (bicyclic) bond motifs is 3. The van der Waals surface area contributed by atoms with E-state index in [9.17, 15) is 24.9 Å². The van der Waals surface area contributed by atoms with Gasteiger partial charge in [0.2, 0.25) is 0 Å². The molecular weight excluding hydrogens is 410 g/mol. The maximum atomic E-state index is 12.6. The first-order valence-corrected chi connectivity index (χ1v) is 10.2. The Bertz CT molecular complexity index is 1100. The maximum Gasteiger partial charge on any atom is 0.408 e. The predicted molar refractivity (Wildman–Crippen MR) is 117 cm³/mol. The summed E-state index contributed by atoms with van der Waals surface area (Å²) in [6, 6.07) is 21.7. The van der Waals surface area contributed by atoms with Gasteiger partial charge in [0.25, 0.3) is 0 Å². The van der Waals surface area contributed by atoms with Crippen LogP contribution < -0.4 is 5.32 Å². The average molecular weight is 433 g/mol. The van der Waals surface area contributed by atoms with Crippen LogP contribution in [-0.2, 0) is 16.0 Å². The van der Waals surface area contributed by atoms with Crippen LogP contribution in [0.5, 0.6) is 5.75 Å². The van der Waals surface area contributed by atoms with Crippen LogP contribution in [0, 0.1) is 0 Å². The molecule has 0 heterocycles. The van der Waals surface area contributed by atoms with Gasteiger partial charge >= 0.3 is 12.1 Å².